The molecule has 7 heteroatoms. The van der Waals surface area contributed by atoms with E-state index in [1.807, 2.05) is 0 Å². The highest BCUT2D eigenvalue weighted by atomic mass is 32.2. The number of hydrogen-bond donors (Lipinski definition) is 1. The number of aryl methyl sites for hydroxylation is 1. The van der Waals surface area contributed by atoms with Crippen LogP contribution in [-0.2, 0) is 27.6 Å². The van der Waals surface area contributed by atoms with E-state index < -0.39 is 15.8 Å². The number of aliphatic carboxylic acids is 1. The molecular formula is C20H20N2O4S. The third kappa shape index (κ3) is 3.78. The summed E-state index contributed by atoms with van der Waals surface area (Å²) in [6.07, 6.45) is -0.109. The number of carboxylic acid groups (broad SMARTS) is 1. The molecule has 27 heavy (non-hydrogen) atoms. The number of benzene rings is 2. The van der Waals surface area contributed by atoms with Crippen molar-refractivity contribution in [3.05, 3.63) is 77.1 Å². The van der Waals surface area contributed by atoms with Crippen LogP contribution < -0.4 is 0 Å². The molecule has 0 radical (unpaired) electrons. The predicted octanol–water partition coefficient (Wildman–Crippen LogP) is 3.01. The third-order valence-corrected chi connectivity index (χ3v) is 6.37. The summed E-state index contributed by atoms with van der Waals surface area (Å²) in [6.45, 7) is 3.80. The summed E-state index contributed by atoms with van der Waals surface area (Å²) in [7, 11) is -3.66. The minimum absolute atomic E-state index is 0.109. The molecule has 1 N–H and O–H groups in total. The Hall–Kier alpha value is -2.93. The number of rotatable bonds is 6. The molecular weight excluding hydrogens is 364 g/mol. The van der Waals surface area contributed by atoms with Gasteiger partial charge >= 0.3 is 5.97 Å². The second-order valence-corrected chi connectivity index (χ2v) is 8.22. The number of hydrogen-bond acceptors (Lipinski definition) is 4. The first-order valence-electron chi connectivity index (χ1n) is 8.43. The Morgan fingerprint density at radius 3 is 2.33 bits per heavy atom. The summed E-state index contributed by atoms with van der Waals surface area (Å²) in [5, 5.41) is 13.5. The van der Waals surface area contributed by atoms with Crippen molar-refractivity contribution < 1.29 is 18.3 Å². The van der Waals surface area contributed by atoms with E-state index in [-0.39, 0.29) is 22.8 Å². The first-order valence-corrected chi connectivity index (χ1v) is 9.91. The number of nitrogens with zero attached hydrogens (tertiary/aromatic N) is 2. The minimum Gasteiger partial charge on any atom is -0.481 e. The van der Waals surface area contributed by atoms with Gasteiger partial charge in [0.1, 0.15) is 0 Å². The van der Waals surface area contributed by atoms with Gasteiger partial charge in [-0.2, -0.15) is 5.10 Å². The SMILES string of the molecule is Cc1nn(Cc2ccccc2S(=O)(=O)c2ccccc2)c(C)c1CC(=O)O. The van der Waals surface area contributed by atoms with Gasteiger partial charge in [0.2, 0.25) is 9.84 Å². The smallest absolute Gasteiger partial charge is 0.307 e. The Bertz CT molecular complexity index is 1090. The maximum absolute atomic E-state index is 13.0. The lowest BCUT2D eigenvalue weighted by atomic mass is 10.1. The number of sulfone groups is 1. The monoisotopic (exact) mass is 384 g/mol. The summed E-state index contributed by atoms with van der Waals surface area (Å²) in [6, 6.07) is 15.1. The average molecular weight is 384 g/mol. The van der Waals surface area contributed by atoms with Crippen molar-refractivity contribution in [2.24, 2.45) is 0 Å². The van der Waals surface area contributed by atoms with Crippen molar-refractivity contribution in [2.75, 3.05) is 0 Å². The fourth-order valence-electron chi connectivity index (χ4n) is 3.08. The van der Waals surface area contributed by atoms with Crippen LogP contribution in [0.5, 0.6) is 0 Å². The molecule has 0 aliphatic heterocycles. The summed E-state index contributed by atoms with van der Waals surface area (Å²) in [5.74, 6) is -0.923. The van der Waals surface area contributed by atoms with Gasteiger partial charge in [-0.05, 0) is 37.6 Å². The second kappa shape index (κ2) is 7.36. The van der Waals surface area contributed by atoms with Gasteiger partial charge in [-0.15, -0.1) is 0 Å². The molecule has 0 saturated heterocycles. The zero-order chi connectivity index (χ0) is 19.6. The standard InChI is InChI=1S/C20H20N2O4S/c1-14-18(12-20(23)24)15(2)22(21-14)13-16-8-6-7-11-19(16)27(25,26)17-9-4-3-5-10-17/h3-11H,12-13H2,1-2H3,(H,23,24). The molecule has 3 aromatic rings. The van der Waals surface area contributed by atoms with Gasteiger partial charge < -0.3 is 5.11 Å². The molecule has 0 aliphatic carbocycles. The second-order valence-electron chi connectivity index (χ2n) is 6.30. The fraction of sp³-hybridized carbons (Fsp3) is 0.200. The van der Waals surface area contributed by atoms with Crippen LogP contribution >= 0.6 is 0 Å². The summed E-state index contributed by atoms with van der Waals surface area (Å²) >= 11 is 0. The highest BCUT2D eigenvalue weighted by Gasteiger charge is 2.22. The van der Waals surface area contributed by atoms with Gasteiger partial charge in [-0.1, -0.05) is 36.4 Å². The molecule has 140 valence electrons. The van der Waals surface area contributed by atoms with Crippen molar-refractivity contribution in [1.82, 2.24) is 9.78 Å². The third-order valence-electron chi connectivity index (χ3n) is 4.50. The lowest BCUT2D eigenvalue weighted by Crippen LogP contribution is -2.11. The van der Waals surface area contributed by atoms with Gasteiger partial charge in [-0.25, -0.2) is 8.42 Å². The first kappa shape index (κ1) is 18.8. The summed E-state index contributed by atoms with van der Waals surface area (Å²) < 4.78 is 27.7. The van der Waals surface area contributed by atoms with Gasteiger partial charge in [0.15, 0.2) is 0 Å². The van der Waals surface area contributed by atoms with Crippen LogP contribution in [0, 0.1) is 13.8 Å². The molecule has 1 heterocycles. The van der Waals surface area contributed by atoms with Crippen LogP contribution in [0.25, 0.3) is 0 Å². The average Bonchev–Trinajstić information content (AvgIpc) is 2.90. The molecule has 0 amide bonds. The zero-order valence-corrected chi connectivity index (χ0v) is 15.9. The molecule has 0 bridgehead atoms. The Morgan fingerprint density at radius 1 is 1.04 bits per heavy atom. The lowest BCUT2D eigenvalue weighted by Gasteiger charge is -2.12. The van der Waals surface area contributed by atoms with E-state index in [9.17, 15) is 13.2 Å². The molecule has 0 aliphatic rings. The highest BCUT2D eigenvalue weighted by Crippen LogP contribution is 2.25. The van der Waals surface area contributed by atoms with Gasteiger partial charge in [0, 0.05) is 11.3 Å². The van der Waals surface area contributed by atoms with Crippen molar-refractivity contribution >= 4 is 15.8 Å². The maximum atomic E-state index is 13.0. The Balaban J connectivity index is 2.03. The first-order chi connectivity index (χ1) is 12.8. The Kier molecular flexibility index (Phi) is 5.14. The van der Waals surface area contributed by atoms with Gasteiger partial charge in [-0.3, -0.25) is 9.48 Å². The lowest BCUT2D eigenvalue weighted by molar-refractivity contribution is -0.136. The van der Waals surface area contributed by atoms with E-state index in [4.69, 9.17) is 5.11 Å². The van der Waals surface area contributed by atoms with E-state index in [0.717, 1.165) is 5.69 Å². The largest absolute Gasteiger partial charge is 0.481 e. The quantitative estimate of drug-likeness (QED) is 0.706. The van der Waals surface area contributed by atoms with Crippen LogP contribution in [0.15, 0.2) is 64.4 Å². The molecule has 0 unspecified atom stereocenters. The fourth-order valence-corrected chi connectivity index (χ4v) is 4.58. The molecule has 1 aromatic heterocycles. The van der Waals surface area contributed by atoms with Crippen LogP contribution in [-0.4, -0.2) is 29.3 Å². The minimum atomic E-state index is -3.66. The summed E-state index contributed by atoms with van der Waals surface area (Å²) in [4.78, 5) is 11.5. The van der Waals surface area contributed by atoms with Crippen molar-refractivity contribution in [3.8, 4) is 0 Å². The van der Waals surface area contributed by atoms with Crippen LogP contribution in [0.2, 0.25) is 0 Å². The number of carbonyl (C=O) groups is 1. The van der Waals surface area contributed by atoms with Gasteiger partial charge in [0.25, 0.3) is 0 Å². The van der Waals surface area contributed by atoms with E-state index in [2.05, 4.69) is 5.10 Å². The summed E-state index contributed by atoms with van der Waals surface area (Å²) in [5.41, 5.74) is 2.62. The normalized spacial score (nSPS) is 11.5. The van der Waals surface area contributed by atoms with E-state index >= 15 is 0 Å². The number of carboxylic acids is 1. The van der Waals surface area contributed by atoms with E-state index in [1.54, 1.807) is 73.1 Å². The predicted molar refractivity (Wildman–Crippen MR) is 100 cm³/mol. The van der Waals surface area contributed by atoms with Gasteiger partial charge in [0.05, 0.1) is 28.5 Å². The Labute approximate surface area is 158 Å². The molecule has 0 saturated carbocycles. The van der Waals surface area contributed by atoms with E-state index in [1.165, 1.54) is 0 Å². The van der Waals surface area contributed by atoms with E-state index in [0.29, 0.717) is 16.8 Å². The highest BCUT2D eigenvalue weighted by molar-refractivity contribution is 7.91. The van der Waals surface area contributed by atoms with Crippen molar-refractivity contribution in [2.45, 2.75) is 36.6 Å². The van der Waals surface area contributed by atoms with Crippen LogP contribution in [0.4, 0.5) is 0 Å². The molecule has 3 rings (SSSR count). The van der Waals surface area contributed by atoms with Crippen molar-refractivity contribution in [3.63, 3.8) is 0 Å². The molecule has 6 nitrogen and oxygen atoms in total. The van der Waals surface area contributed by atoms with Crippen molar-refractivity contribution in [1.29, 1.82) is 0 Å². The molecule has 2 aromatic carbocycles. The van der Waals surface area contributed by atoms with Crippen LogP contribution in [0.3, 0.4) is 0 Å². The molecule has 0 spiro atoms. The molecule has 0 fully saturated rings. The number of aromatic nitrogens is 2. The Morgan fingerprint density at radius 2 is 1.67 bits per heavy atom. The van der Waals surface area contributed by atoms with Crippen LogP contribution in [0.1, 0.15) is 22.5 Å². The zero-order valence-electron chi connectivity index (χ0n) is 15.1. The topological polar surface area (TPSA) is 89.3 Å². The molecule has 0 atom stereocenters. The maximum Gasteiger partial charge on any atom is 0.307 e.